The molecule has 2 N–H and O–H groups in total. The molecule has 5 aromatic carbocycles. The van der Waals surface area contributed by atoms with E-state index < -0.39 is 17.9 Å². The highest BCUT2D eigenvalue weighted by Gasteiger charge is 2.21. The molecule has 5 aromatic rings. The van der Waals surface area contributed by atoms with E-state index in [-0.39, 0.29) is 6.42 Å². The van der Waals surface area contributed by atoms with Gasteiger partial charge in [-0.1, -0.05) is 97.1 Å². The van der Waals surface area contributed by atoms with Gasteiger partial charge in [-0.3, -0.25) is 4.79 Å². The summed E-state index contributed by atoms with van der Waals surface area (Å²) in [4.78, 5) is 24.7. The molecule has 0 aliphatic rings. The van der Waals surface area contributed by atoms with Crippen molar-refractivity contribution in [2.45, 2.75) is 25.7 Å². The normalized spacial score (nSPS) is 11.3. The van der Waals surface area contributed by atoms with Gasteiger partial charge in [-0.2, -0.15) is 0 Å². The molecule has 0 fully saturated rings. The molecule has 0 saturated carbocycles. The second kappa shape index (κ2) is 13.8. The summed E-state index contributed by atoms with van der Waals surface area (Å²) in [5.41, 5.74) is 5.51. The molecular weight excluding hydrogens is 526 g/mol. The second-order valence-corrected chi connectivity index (χ2v) is 9.86. The Kier molecular flexibility index (Phi) is 9.27. The van der Waals surface area contributed by atoms with Crippen LogP contribution in [0.5, 0.6) is 11.5 Å². The average molecular weight is 558 g/mol. The Hall–Kier alpha value is -5.36. The van der Waals surface area contributed by atoms with Crippen LogP contribution in [0.2, 0.25) is 0 Å². The molecule has 0 unspecified atom stereocenters. The summed E-state index contributed by atoms with van der Waals surface area (Å²) < 4.78 is 11.7. The fourth-order valence-corrected chi connectivity index (χ4v) is 4.43. The lowest BCUT2D eigenvalue weighted by atomic mass is 10.0. The molecule has 0 bridgehead atoms. The molecule has 0 aliphatic heterocycles. The predicted octanol–water partition coefficient (Wildman–Crippen LogP) is 6.94. The zero-order valence-electron chi connectivity index (χ0n) is 23.0. The lowest BCUT2D eigenvalue weighted by molar-refractivity contribution is -0.139. The van der Waals surface area contributed by atoms with Gasteiger partial charge in [0.15, 0.2) is 0 Å². The molecule has 5 rings (SSSR count). The van der Waals surface area contributed by atoms with E-state index in [1.54, 1.807) is 36.4 Å². The van der Waals surface area contributed by atoms with Gasteiger partial charge in [-0.15, -0.1) is 0 Å². The maximum atomic E-state index is 12.8. The standard InChI is InChI=1S/C36H31NO5/c38-35(37-34(36(39)40)23-26-13-19-32(20-14-26)41-24-27-7-3-1-4-8-27)31-17-21-33(22-18-31)42-25-28-11-15-30(16-12-28)29-9-5-2-6-10-29/h1-22,34H,23-25H2,(H,37,38)(H,39,40)/t34-/m0/s1. The Balaban J connectivity index is 1.11. The van der Waals surface area contributed by atoms with E-state index in [9.17, 15) is 14.7 Å². The molecule has 1 amide bonds. The van der Waals surface area contributed by atoms with E-state index in [0.717, 1.165) is 27.8 Å². The number of carbonyl (C=O) groups excluding carboxylic acids is 1. The highest BCUT2D eigenvalue weighted by Crippen LogP contribution is 2.21. The van der Waals surface area contributed by atoms with Crippen LogP contribution in [0.15, 0.2) is 133 Å². The zero-order valence-corrected chi connectivity index (χ0v) is 23.0. The van der Waals surface area contributed by atoms with E-state index in [0.29, 0.717) is 30.3 Å². The average Bonchev–Trinajstić information content (AvgIpc) is 3.04. The first-order valence-electron chi connectivity index (χ1n) is 13.7. The van der Waals surface area contributed by atoms with E-state index in [2.05, 4.69) is 29.6 Å². The van der Waals surface area contributed by atoms with Crippen molar-refractivity contribution in [1.29, 1.82) is 0 Å². The first-order valence-corrected chi connectivity index (χ1v) is 13.7. The van der Waals surface area contributed by atoms with Crippen LogP contribution >= 0.6 is 0 Å². The van der Waals surface area contributed by atoms with Gasteiger partial charge >= 0.3 is 5.97 Å². The van der Waals surface area contributed by atoms with Crippen molar-refractivity contribution < 1.29 is 24.2 Å². The van der Waals surface area contributed by atoms with E-state index >= 15 is 0 Å². The predicted molar refractivity (Wildman–Crippen MR) is 162 cm³/mol. The topological polar surface area (TPSA) is 84.9 Å². The van der Waals surface area contributed by atoms with E-state index in [1.165, 1.54) is 0 Å². The highest BCUT2D eigenvalue weighted by atomic mass is 16.5. The number of benzene rings is 5. The summed E-state index contributed by atoms with van der Waals surface area (Å²) in [6.45, 7) is 0.831. The Bertz CT molecular complexity index is 1580. The summed E-state index contributed by atoms with van der Waals surface area (Å²) in [7, 11) is 0. The van der Waals surface area contributed by atoms with Crippen molar-refractivity contribution in [2.75, 3.05) is 0 Å². The molecule has 210 valence electrons. The second-order valence-electron chi connectivity index (χ2n) is 9.86. The van der Waals surface area contributed by atoms with Crippen molar-refractivity contribution in [3.8, 4) is 22.6 Å². The van der Waals surface area contributed by atoms with Gasteiger partial charge in [0.05, 0.1) is 0 Å². The number of rotatable bonds is 12. The van der Waals surface area contributed by atoms with Crippen LogP contribution < -0.4 is 14.8 Å². The number of hydrogen-bond acceptors (Lipinski definition) is 4. The zero-order chi connectivity index (χ0) is 29.1. The Labute approximate surface area is 245 Å². The Morgan fingerprint density at radius 3 is 1.62 bits per heavy atom. The van der Waals surface area contributed by atoms with Crippen LogP contribution in [-0.2, 0) is 24.4 Å². The van der Waals surface area contributed by atoms with Crippen molar-refractivity contribution in [3.05, 3.63) is 156 Å². The number of carbonyl (C=O) groups is 2. The molecular formula is C36H31NO5. The maximum Gasteiger partial charge on any atom is 0.326 e. The summed E-state index contributed by atoms with van der Waals surface area (Å²) >= 11 is 0. The summed E-state index contributed by atoms with van der Waals surface area (Å²) in [5, 5.41) is 12.4. The quantitative estimate of drug-likeness (QED) is 0.174. The smallest absolute Gasteiger partial charge is 0.326 e. The lowest BCUT2D eigenvalue weighted by Crippen LogP contribution is -2.42. The molecule has 0 aliphatic carbocycles. The van der Waals surface area contributed by atoms with E-state index in [4.69, 9.17) is 9.47 Å². The van der Waals surface area contributed by atoms with Gasteiger partial charge in [-0.25, -0.2) is 4.79 Å². The fraction of sp³-hybridized carbons (Fsp3) is 0.111. The maximum absolute atomic E-state index is 12.8. The SMILES string of the molecule is O=C(N[C@@H](Cc1ccc(OCc2ccccc2)cc1)C(=O)O)c1ccc(OCc2ccc(-c3ccccc3)cc2)cc1. The minimum atomic E-state index is -1.11. The van der Waals surface area contributed by atoms with Crippen molar-refractivity contribution in [2.24, 2.45) is 0 Å². The van der Waals surface area contributed by atoms with Crippen LogP contribution in [-0.4, -0.2) is 23.0 Å². The Morgan fingerprint density at radius 2 is 1.05 bits per heavy atom. The lowest BCUT2D eigenvalue weighted by Gasteiger charge is -2.15. The van der Waals surface area contributed by atoms with Crippen LogP contribution in [0.25, 0.3) is 11.1 Å². The monoisotopic (exact) mass is 557 g/mol. The molecule has 42 heavy (non-hydrogen) atoms. The number of ether oxygens (including phenoxy) is 2. The highest BCUT2D eigenvalue weighted by molar-refractivity contribution is 5.96. The van der Waals surface area contributed by atoms with E-state index in [1.807, 2.05) is 72.8 Å². The first kappa shape index (κ1) is 28.2. The molecule has 6 nitrogen and oxygen atoms in total. The van der Waals surface area contributed by atoms with Crippen molar-refractivity contribution in [3.63, 3.8) is 0 Å². The molecule has 1 atom stereocenters. The van der Waals surface area contributed by atoms with Gasteiger partial charge < -0.3 is 19.9 Å². The minimum Gasteiger partial charge on any atom is -0.489 e. The van der Waals surface area contributed by atoms with Gasteiger partial charge in [0.2, 0.25) is 0 Å². The third-order valence-corrected chi connectivity index (χ3v) is 6.80. The molecule has 0 heterocycles. The van der Waals surface area contributed by atoms with Crippen LogP contribution in [0, 0.1) is 0 Å². The third kappa shape index (κ3) is 7.86. The van der Waals surface area contributed by atoms with Crippen molar-refractivity contribution >= 4 is 11.9 Å². The third-order valence-electron chi connectivity index (χ3n) is 6.80. The number of carboxylic acids is 1. The molecule has 0 spiro atoms. The number of amides is 1. The van der Waals surface area contributed by atoms with Crippen LogP contribution in [0.3, 0.4) is 0 Å². The van der Waals surface area contributed by atoms with Crippen LogP contribution in [0.4, 0.5) is 0 Å². The summed E-state index contributed by atoms with van der Waals surface area (Å²) in [6.07, 6.45) is 0.143. The summed E-state index contributed by atoms with van der Waals surface area (Å²) in [6, 6.07) is 41.0. The number of aliphatic carboxylic acids is 1. The largest absolute Gasteiger partial charge is 0.489 e. The number of nitrogens with one attached hydrogen (secondary N) is 1. The first-order chi connectivity index (χ1) is 20.5. The van der Waals surface area contributed by atoms with Gasteiger partial charge in [0, 0.05) is 12.0 Å². The van der Waals surface area contributed by atoms with Gasteiger partial charge in [0.25, 0.3) is 5.91 Å². The Morgan fingerprint density at radius 1 is 0.571 bits per heavy atom. The molecule has 0 radical (unpaired) electrons. The van der Waals surface area contributed by atoms with Gasteiger partial charge in [-0.05, 0) is 64.2 Å². The minimum absolute atomic E-state index is 0.143. The molecule has 0 saturated heterocycles. The molecule has 0 aromatic heterocycles. The molecule has 6 heteroatoms. The number of carboxylic acid groups (broad SMARTS) is 1. The summed E-state index contributed by atoms with van der Waals surface area (Å²) in [5.74, 6) is -0.271. The van der Waals surface area contributed by atoms with Crippen LogP contribution in [0.1, 0.15) is 27.0 Å². The fourth-order valence-electron chi connectivity index (χ4n) is 4.43. The number of hydrogen-bond donors (Lipinski definition) is 2. The van der Waals surface area contributed by atoms with Crippen molar-refractivity contribution in [1.82, 2.24) is 5.32 Å². The van der Waals surface area contributed by atoms with Gasteiger partial charge in [0.1, 0.15) is 30.8 Å².